The first-order valence-corrected chi connectivity index (χ1v) is 6.42. The number of aryl methyl sites for hydroxylation is 1. The van der Waals surface area contributed by atoms with Crippen molar-refractivity contribution in [3.8, 4) is 11.3 Å². The third-order valence-electron chi connectivity index (χ3n) is 3.08. The van der Waals surface area contributed by atoms with Gasteiger partial charge >= 0.3 is 0 Å². The Bertz CT molecular complexity index is 803. The number of ketones is 1. The lowest BCUT2D eigenvalue weighted by Gasteiger charge is -1.95. The summed E-state index contributed by atoms with van der Waals surface area (Å²) in [5, 5.41) is 0.977. The molecule has 0 N–H and O–H groups in total. The molecule has 0 atom stereocenters. The van der Waals surface area contributed by atoms with Crippen molar-refractivity contribution >= 4 is 22.8 Å². The summed E-state index contributed by atoms with van der Waals surface area (Å²) in [5.41, 5.74) is 1.66. The molecule has 0 fully saturated rings. The highest BCUT2D eigenvalue weighted by molar-refractivity contribution is 5.99. The molecule has 3 nitrogen and oxygen atoms in total. The van der Waals surface area contributed by atoms with Crippen LogP contribution in [0, 0.1) is 6.92 Å². The van der Waals surface area contributed by atoms with Crippen molar-refractivity contribution in [1.82, 2.24) is 0 Å². The predicted molar refractivity (Wildman–Crippen MR) is 78.4 cm³/mol. The van der Waals surface area contributed by atoms with E-state index in [1.165, 1.54) is 13.0 Å². The fourth-order valence-electron chi connectivity index (χ4n) is 2.20. The molecule has 3 aromatic rings. The van der Waals surface area contributed by atoms with Gasteiger partial charge in [0.05, 0.1) is 5.56 Å². The molecule has 100 valence electrons. The Morgan fingerprint density at radius 2 is 1.90 bits per heavy atom. The van der Waals surface area contributed by atoms with Gasteiger partial charge in [0.15, 0.2) is 5.78 Å². The maximum atomic E-state index is 11.1. The van der Waals surface area contributed by atoms with E-state index in [1.807, 2.05) is 43.3 Å². The van der Waals surface area contributed by atoms with Crippen LogP contribution < -0.4 is 0 Å². The van der Waals surface area contributed by atoms with Crippen molar-refractivity contribution in [2.24, 2.45) is 0 Å². The summed E-state index contributed by atoms with van der Waals surface area (Å²) in [4.78, 5) is 11.1. The van der Waals surface area contributed by atoms with E-state index in [9.17, 15) is 4.79 Å². The number of rotatable bonds is 3. The molecule has 3 heteroatoms. The number of allylic oxidation sites excluding steroid dienone is 1. The van der Waals surface area contributed by atoms with E-state index in [4.69, 9.17) is 8.83 Å². The molecular formula is C17H14O3. The highest BCUT2D eigenvalue weighted by Gasteiger charge is 2.16. The molecule has 0 unspecified atom stereocenters. The molecule has 0 aliphatic carbocycles. The van der Waals surface area contributed by atoms with Crippen molar-refractivity contribution in [2.45, 2.75) is 13.8 Å². The Labute approximate surface area is 116 Å². The Morgan fingerprint density at radius 3 is 2.60 bits per heavy atom. The Morgan fingerprint density at radius 1 is 1.10 bits per heavy atom. The average molecular weight is 266 g/mol. The normalized spacial score (nSPS) is 11.5. The molecule has 0 spiro atoms. The van der Waals surface area contributed by atoms with Crippen LogP contribution in [0.15, 0.2) is 51.3 Å². The van der Waals surface area contributed by atoms with Crippen LogP contribution in [0.4, 0.5) is 0 Å². The van der Waals surface area contributed by atoms with Crippen LogP contribution in [0.25, 0.3) is 28.4 Å². The quantitative estimate of drug-likeness (QED) is 0.650. The van der Waals surface area contributed by atoms with E-state index >= 15 is 0 Å². The molecule has 0 saturated heterocycles. The van der Waals surface area contributed by atoms with Gasteiger partial charge in [0.1, 0.15) is 22.9 Å². The largest absolute Gasteiger partial charge is 0.461 e. The summed E-state index contributed by atoms with van der Waals surface area (Å²) in [6.07, 6.45) is 3.19. The van der Waals surface area contributed by atoms with Gasteiger partial charge in [-0.2, -0.15) is 0 Å². The van der Waals surface area contributed by atoms with Gasteiger partial charge in [-0.1, -0.05) is 18.2 Å². The van der Waals surface area contributed by atoms with Crippen molar-refractivity contribution in [3.05, 3.63) is 54.0 Å². The Hall–Kier alpha value is -2.55. The monoisotopic (exact) mass is 266 g/mol. The number of hydrogen-bond donors (Lipinski definition) is 0. The molecule has 20 heavy (non-hydrogen) atoms. The summed E-state index contributed by atoms with van der Waals surface area (Å²) >= 11 is 0. The van der Waals surface area contributed by atoms with E-state index < -0.39 is 0 Å². The van der Waals surface area contributed by atoms with E-state index in [0.29, 0.717) is 5.76 Å². The summed E-state index contributed by atoms with van der Waals surface area (Å²) in [6, 6.07) is 11.6. The SMILES string of the molecule is CC(=O)C=Cc1oc2ccccc2c1-c1ccc(C)o1. The zero-order chi connectivity index (χ0) is 14.1. The number of carbonyl (C=O) groups excluding carboxylic acids is 1. The number of fused-ring (bicyclic) bond motifs is 1. The number of hydrogen-bond acceptors (Lipinski definition) is 3. The van der Waals surface area contributed by atoms with Crippen LogP contribution in [-0.2, 0) is 4.79 Å². The molecule has 1 aromatic carbocycles. The van der Waals surface area contributed by atoms with E-state index in [1.54, 1.807) is 6.08 Å². The first-order chi connectivity index (χ1) is 9.65. The predicted octanol–water partition coefficient (Wildman–Crippen LogP) is 4.60. The fraction of sp³-hybridized carbons (Fsp3) is 0.118. The van der Waals surface area contributed by atoms with Crippen LogP contribution in [0.5, 0.6) is 0 Å². The van der Waals surface area contributed by atoms with E-state index in [-0.39, 0.29) is 5.78 Å². The van der Waals surface area contributed by atoms with Crippen LogP contribution in [0.3, 0.4) is 0 Å². The maximum Gasteiger partial charge on any atom is 0.152 e. The van der Waals surface area contributed by atoms with E-state index in [2.05, 4.69) is 0 Å². The molecule has 0 aliphatic heterocycles. The van der Waals surface area contributed by atoms with Gasteiger partial charge in [-0.15, -0.1) is 0 Å². The summed E-state index contributed by atoms with van der Waals surface area (Å²) in [7, 11) is 0. The molecule has 0 amide bonds. The van der Waals surface area contributed by atoms with Gasteiger partial charge in [0.25, 0.3) is 0 Å². The number of furan rings is 2. The van der Waals surface area contributed by atoms with Crippen LogP contribution in [0.2, 0.25) is 0 Å². The average Bonchev–Trinajstić information content (AvgIpc) is 2.99. The summed E-state index contributed by atoms with van der Waals surface area (Å²) < 4.78 is 11.5. The van der Waals surface area contributed by atoms with Gasteiger partial charge in [-0.25, -0.2) is 0 Å². The summed E-state index contributed by atoms with van der Waals surface area (Å²) in [5.74, 6) is 2.20. The van der Waals surface area contributed by atoms with Gasteiger partial charge < -0.3 is 8.83 Å². The second-order valence-electron chi connectivity index (χ2n) is 4.69. The lowest BCUT2D eigenvalue weighted by molar-refractivity contribution is -0.112. The molecule has 2 aromatic heterocycles. The van der Waals surface area contributed by atoms with Gasteiger partial charge in [0.2, 0.25) is 0 Å². The first kappa shape index (κ1) is 12.5. The zero-order valence-electron chi connectivity index (χ0n) is 11.3. The summed E-state index contributed by atoms with van der Waals surface area (Å²) in [6.45, 7) is 3.41. The van der Waals surface area contributed by atoms with Crippen molar-refractivity contribution in [1.29, 1.82) is 0 Å². The number of benzene rings is 1. The smallest absolute Gasteiger partial charge is 0.152 e. The molecule has 0 saturated carbocycles. The molecule has 3 rings (SSSR count). The van der Waals surface area contributed by atoms with Gasteiger partial charge in [0, 0.05) is 5.39 Å². The lowest BCUT2D eigenvalue weighted by atomic mass is 10.1. The minimum Gasteiger partial charge on any atom is -0.461 e. The van der Waals surface area contributed by atoms with Gasteiger partial charge in [-0.05, 0) is 44.2 Å². The van der Waals surface area contributed by atoms with Crippen molar-refractivity contribution < 1.29 is 13.6 Å². The van der Waals surface area contributed by atoms with Crippen LogP contribution in [-0.4, -0.2) is 5.78 Å². The fourth-order valence-corrected chi connectivity index (χ4v) is 2.20. The molecule has 0 aliphatic rings. The lowest BCUT2D eigenvalue weighted by Crippen LogP contribution is -1.80. The van der Waals surface area contributed by atoms with Crippen molar-refractivity contribution in [2.75, 3.05) is 0 Å². The molecular weight excluding hydrogens is 252 g/mol. The first-order valence-electron chi connectivity index (χ1n) is 6.42. The maximum absolute atomic E-state index is 11.1. The highest BCUT2D eigenvalue weighted by Crippen LogP contribution is 2.36. The third-order valence-corrected chi connectivity index (χ3v) is 3.08. The topological polar surface area (TPSA) is 43.4 Å². The Balaban J connectivity index is 2.25. The van der Waals surface area contributed by atoms with Crippen LogP contribution in [0.1, 0.15) is 18.4 Å². The van der Waals surface area contributed by atoms with E-state index in [0.717, 1.165) is 28.1 Å². The van der Waals surface area contributed by atoms with Gasteiger partial charge in [-0.3, -0.25) is 4.79 Å². The van der Waals surface area contributed by atoms with Crippen molar-refractivity contribution in [3.63, 3.8) is 0 Å². The second kappa shape index (κ2) is 4.85. The molecule has 2 heterocycles. The number of para-hydroxylation sites is 1. The highest BCUT2D eigenvalue weighted by atomic mass is 16.4. The molecule has 0 radical (unpaired) electrons. The molecule has 0 bridgehead atoms. The Kier molecular flexibility index (Phi) is 3.03. The number of carbonyl (C=O) groups is 1. The second-order valence-corrected chi connectivity index (χ2v) is 4.69. The minimum absolute atomic E-state index is 0.0213. The standard InChI is InChI=1S/C17H14O3/c1-11(18)7-9-16-17(15-10-8-12(2)19-15)13-5-3-4-6-14(13)20-16/h3-10H,1-2H3. The zero-order valence-corrected chi connectivity index (χ0v) is 11.3. The third kappa shape index (κ3) is 2.18. The van der Waals surface area contributed by atoms with Crippen LogP contribution >= 0.6 is 0 Å². The minimum atomic E-state index is -0.0213.